The number of nitro groups is 1. The summed E-state index contributed by atoms with van der Waals surface area (Å²) in [4.78, 5) is 34.4. The van der Waals surface area contributed by atoms with Gasteiger partial charge in [-0.15, -0.1) is 0 Å². The zero-order chi connectivity index (χ0) is 19.6. The van der Waals surface area contributed by atoms with E-state index in [1.54, 1.807) is 23.8 Å². The normalized spacial score (nSPS) is 10.7. The largest absolute Gasteiger partial charge is 0.337 e. The predicted octanol–water partition coefficient (Wildman–Crippen LogP) is 3.87. The summed E-state index contributed by atoms with van der Waals surface area (Å²) in [7, 11) is 0. The van der Waals surface area contributed by atoms with E-state index in [9.17, 15) is 19.7 Å². The molecule has 0 unspecified atom stereocenters. The Labute approximate surface area is 155 Å². The maximum atomic E-state index is 12.6. The second-order valence-corrected chi connectivity index (χ2v) is 6.30. The van der Waals surface area contributed by atoms with Crippen LogP contribution in [0.25, 0.3) is 10.9 Å². The lowest BCUT2D eigenvalue weighted by molar-refractivity contribution is -0.384. The first-order valence-electron chi connectivity index (χ1n) is 8.55. The number of anilines is 1. The molecule has 0 aliphatic rings. The van der Waals surface area contributed by atoms with Crippen molar-refractivity contribution in [3.8, 4) is 0 Å². The molecule has 0 spiro atoms. The lowest BCUT2D eigenvalue weighted by atomic mass is 10.1. The average molecular weight is 365 g/mol. The Kier molecular flexibility index (Phi) is 5.03. The van der Waals surface area contributed by atoms with Crippen LogP contribution in [0.1, 0.15) is 28.4 Å². The molecular formula is C20H19N3O4. The zero-order valence-corrected chi connectivity index (χ0v) is 15.1. The molecular weight excluding hydrogens is 346 g/mol. The third-order valence-corrected chi connectivity index (χ3v) is 4.54. The standard InChI is InChI=1S/C20H19N3O4/c1-3-14-5-4-6-17-15(12-24)10-22(20(14)17)11-19(25)21-18-9-16(23(26)27)8-7-13(18)2/h4-10,12H,3,11H2,1-2H3,(H,21,25). The summed E-state index contributed by atoms with van der Waals surface area (Å²) in [6, 6.07) is 10.1. The lowest BCUT2D eigenvalue weighted by Crippen LogP contribution is -2.19. The van der Waals surface area contributed by atoms with Crippen molar-refractivity contribution in [2.24, 2.45) is 0 Å². The zero-order valence-electron chi connectivity index (χ0n) is 15.1. The summed E-state index contributed by atoms with van der Waals surface area (Å²) >= 11 is 0. The molecule has 7 nitrogen and oxygen atoms in total. The molecule has 0 saturated carbocycles. The van der Waals surface area contributed by atoms with Crippen LogP contribution in [0.15, 0.2) is 42.6 Å². The van der Waals surface area contributed by atoms with E-state index in [0.717, 1.165) is 34.7 Å². The van der Waals surface area contributed by atoms with Gasteiger partial charge in [-0.25, -0.2) is 0 Å². The van der Waals surface area contributed by atoms with Crippen molar-refractivity contribution in [2.75, 3.05) is 5.32 Å². The molecule has 0 aliphatic heterocycles. The molecule has 2 aromatic carbocycles. The summed E-state index contributed by atoms with van der Waals surface area (Å²) < 4.78 is 1.75. The van der Waals surface area contributed by atoms with Crippen molar-refractivity contribution < 1.29 is 14.5 Å². The topological polar surface area (TPSA) is 94.2 Å². The van der Waals surface area contributed by atoms with Gasteiger partial charge in [-0.2, -0.15) is 0 Å². The van der Waals surface area contributed by atoms with Crippen LogP contribution in [0.3, 0.4) is 0 Å². The van der Waals surface area contributed by atoms with Crippen LogP contribution in [-0.4, -0.2) is 21.7 Å². The Morgan fingerprint density at radius 1 is 1.30 bits per heavy atom. The van der Waals surface area contributed by atoms with Crippen LogP contribution < -0.4 is 5.32 Å². The van der Waals surface area contributed by atoms with Gasteiger partial charge in [-0.1, -0.05) is 31.2 Å². The fourth-order valence-electron chi connectivity index (χ4n) is 3.17. The number of carbonyl (C=O) groups excluding carboxylic acids is 2. The van der Waals surface area contributed by atoms with Crippen LogP contribution in [0.4, 0.5) is 11.4 Å². The number of benzene rings is 2. The van der Waals surface area contributed by atoms with E-state index in [2.05, 4.69) is 5.32 Å². The van der Waals surface area contributed by atoms with Gasteiger partial charge in [-0.05, 0) is 24.5 Å². The Bertz CT molecular complexity index is 1050. The first-order valence-corrected chi connectivity index (χ1v) is 8.55. The maximum Gasteiger partial charge on any atom is 0.271 e. The number of amides is 1. The molecule has 138 valence electrons. The summed E-state index contributed by atoms with van der Waals surface area (Å²) in [5.41, 5.74) is 3.47. The second kappa shape index (κ2) is 7.41. The first-order chi connectivity index (χ1) is 12.9. The van der Waals surface area contributed by atoms with Crippen molar-refractivity contribution in [1.29, 1.82) is 0 Å². The van der Waals surface area contributed by atoms with Crippen molar-refractivity contribution in [2.45, 2.75) is 26.8 Å². The molecule has 1 amide bonds. The third-order valence-electron chi connectivity index (χ3n) is 4.54. The van der Waals surface area contributed by atoms with Crippen LogP contribution in [0.2, 0.25) is 0 Å². The number of aldehydes is 1. The van der Waals surface area contributed by atoms with E-state index in [0.29, 0.717) is 11.3 Å². The monoisotopic (exact) mass is 365 g/mol. The SMILES string of the molecule is CCc1cccc2c(C=O)cn(CC(=O)Nc3cc([N+](=O)[O-])ccc3C)c12. The molecule has 0 atom stereocenters. The number of carbonyl (C=O) groups is 2. The molecule has 0 fully saturated rings. The number of non-ortho nitro benzene ring substituents is 1. The van der Waals surface area contributed by atoms with E-state index in [1.165, 1.54) is 12.1 Å². The van der Waals surface area contributed by atoms with Crippen molar-refractivity contribution in [3.63, 3.8) is 0 Å². The van der Waals surface area contributed by atoms with E-state index in [-0.39, 0.29) is 18.1 Å². The molecule has 27 heavy (non-hydrogen) atoms. The number of fused-ring (bicyclic) bond motifs is 1. The Morgan fingerprint density at radius 3 is 2.74 bits per heavy atom. The molecule has 0 saturated heterocycles. The number of nitrogens with zero attached hydrogens (tertiary/aromatic N) is 2. The molecule has 1 heterocycles. The van der Waals surface area contributed by atoms with Gasteiger partial charge in [-0.3, -0.25) is 19.7 Å². The molecule has 1 N–H and O–H groups in total. The minimum Gasteiger partial charge on any atom is -0.337 e. The first kappa shape index (κ1) is 18.3. The van der Waals surface area contributed by atoms with Gasteiger partial charge in [0.05, 0.1) is 16.1 Å². The van der Waals surface area contributed by atoms with Gasteiger partial charge in [0.1, 0.15) is 6.54 Å². The number of nitro benzene ring substituents is 1. The van der Waals surface area contributed by atoms with Crippen molar-refractivity contribution in [3.05, 3.63) is 69.4 Å². The maximum absolute atomic E-state index is 12.6. The molecule has 0 aliphatic carbocycles. The highest BCUT2D eigenvalue weighted by molar-refractivity contribution is 6.00. The quantitative estimate of drug-likeness (QED) is 0.407. The number of nitrogens with one attached hydrogen (secondary N) is 1. The van der Waals surface area contributed by atoms with Gasteiger partial charge in [0.15, 0.2) is 6.29 Å². The van der Waals surface area contributed by atoms with E-state index >= 15 is 0 Å². The van der Waals surface area contributed by atoms with Crippen LogP contribution in [-0.2, 0) is 17.8 Å². The highest BCUT2D eigenvalue weighted by atomic mass is 16.6. The van der Waals surface area contributed by atoms with Gasteiger partial charge >= 0.3 is 0 Å². The minimum atomic E-state index is -0.502. The Hall–Kier alpha value is -3.48. The van der Waals surface area contributed by atoms with Crippen molar-refractivity contribution >= 4 is 34.5 Å². The molecule has 1 aromatic heterocycles. The summed E-state index contributed by atoms with van der Waals surface area (Å²) in [5.74, 6) is -0.321. The third kappa shape index (κ3) is 3.57. The number of hydrogen-bond donors (Lipinski definition) is 1. The van der Waals surface area contributed by atoms with Crippen LogP contribution >= 0.6 is 0 Å². The second-order valence-electron chi connectivity index (χ2n) is 6.30. The molecule has 3 rings (SSSR count). The number of aryl methyl sites for hydroxylation is 2. The number of para-hydroxylation sites is 1. The van der Waals surface area contributed by atoms with Gasteiger partial charge in [0.2, 0.25) is 5.91 Å². The lowest BCUT2D eigenvalue weighted by Gasteiger charge is -2.11. The van der Waals surface area contributed by atoms with E-state index in [1.807, 2.05) is 25.1 Å². The molecule has 0 bridgehead atoms. The van der Waals surface area contributed by atoms with Gasteiger partial charge in [0.25, 0.3) is 5.69 Å². The smallest absolute Gasteiger partial charge is 0.271 e. The van der Waals surface area contributed by atoms with Crippen LogP contribution in [0, 0.1) is 17.0 Å². The average Bonchev–Trinajstić information content (AvgIpc) is 3.01. The fourth-order valence-corrected chi connectivity index (χ4v) is 3.17. The summed E-state index contributed by atoms with van der Waals surface area (Å²) in [6.07, 6.45) is 3.21. The minimum absolute atomic E-state index is 0.00346. The Balaban J connectivity index is 1.92. The Morgan fingerprint density at radius 2 is 2.07 bits per heavy atom. The number of hydrogen-bond acceptors (Lipinski definition) is 4. The van der Waals surface area contributed by atoms with E-state index in [4.69, 9.17) is 0 Å². The van der Waals surface area contributed by atoms with Gasteiger partial charge in [0, 0.05) is 29.3 Å². The fraction of sp³-hybridized carbons (Fsp3) is 0.200. The predicted molar refractivity (Wildman–Crippen MR) is 103 cm³/mol. The molecule has 3 aromatic rings. The highest BCUT2D eigenvalue weighted by Gasteiger charge is 2.15. The number of aromatic nitrogens is 1. The van der Waals surface area contributed by atoms with E-state index < -0.39 is 4.92 Å². The molecule has 7 heteroatoms. The van der Waals surface area contributed by atoms with Crippen molar-refractivity contribution in [1.82, 2.24) is 4.57 Å². The summed E-state index contributed by atoms with van der Waals surface area (Å²) in [6.45, 7) is 3.78. The number of rotatable bonds is 6. The highest BCUT2D eigenvalue weighted by Crippen LogP contribution is 2.25. The summed E-state index contributed by atoms with van der Waals surface area (Å²) in [5, 5.41) is 14.5. The van der Waals surface area contributed by atoms with Crippen LogP contribution in [0.5, 0.6) is 0 Å². The molecule has 0 radical (unpaired) electrons. The van der Waals surface area contributed by atoms with Gasteiger partial charge < -0.3 is 9.88 Å².